The molecule has 3 heterocycles. The highest BCUT2D eigenvalue weighted by Crippen LogP contribution is 2.20. The molecule has 26 heavy (non-hydrogen) atoms. The van der Waals surface area contributed by atoms with E-state index in [9.17, 15) is 14.7 Å². The van der Waals surface area contributed by atoms with Crippen molar-refractivity contribution in [2.24, 2.45) is 0 Å². The van der Waals surface area contributed by atoms with Crippen LogP contribution in [0.3, 0.4) is 0 Å². The summed E-state index contributed by atoms with van der Waals surface area (Å²) < 4.78 is 10.4. The number of rotatable bonds is 6. The van der Waals surface area contributed by atoms with Crippen molar-refractivity contribution in [1.29, 1.82) is 0 Å². The van der Waals surface area contributed by atoms with Crippen molar-refractivity contribution in [2.45, 2.75) is 31.9 Å². The summed E-state index contributed by atoms with van der Waals surface area (Å²) in [6, 6.07) is 1.05. The van der Waals surface area contributed by atoms with Gasteiger partial charge >= 0.3 is 0 Å². The zero-order valence-corrected chi connectivity index (χ0v) is 15.0. The van der Waals surface area contributed by atoms with Crippen LogP contribution >= 0.6 is 0 Å². The van der Waals surface area contributed by atoms with Gasteiger partial charge in [-0.25, -0.2) is 0 Å². The van der Waals surface area contributed by atoms with E-state index in [0.29, 0.717) is 31.2 Å². The molecule has 0 radical (unpaired) electrons. The Balaban J connectivity index is 1.50. The average Bonchev–Trinajstić information content (AvgIpc) is 3.21. The van der Waals surface area contributed by atoms with Gasteiger partial charge in [-0.3, -0.25) is 14.5 Å². The molecule has 2 fully saturated rings. The third kappa shape index (κ3) is 4.80. The molecule has 2 amide bonds. The lowest BCUT2D eigenvalue weighted by Crippen LogP contribution is -2.48. The van der Waals surface area contributed by atoms with Crippen LogP contribution < -0.4 is 5.32 Å². The fourth-order valence-corrected chi connectivity index (χ4v) is 3.37. The van der Waals surface area contributed by atoms with E-state index in [-0.39, 0.29) is 31.2 Å². The van der Waals surface area contributed by atoms with E-state index in [4.69, 9.17) is 9.26 Å². The second kappa shape index (κ2) is 8.61. The molecule has 2 aliphatic rings. The largest absolute Gasteiger partial charge is 0.391 e. The summed E-state index contributed by atoms with van der Waals surface area (Å²) in [4.78, 5) is 28.7. The zero-order chi connectivity index (χ0) is 18.5. The van der Waals surface area contributed by atoms with E-state index in [1.807, 2.05) is 0 Å². The van der Waals surface area contributed by atoms with Gasteiger partial charge in [-0.1, -0.05) is 5.16 Å². The second-order valence-electron chi connectivity index (χ2n) is 6.81. The zero-order valence-electron chi connectivity index (χ0n) is 15.0. The molecule has 9 nitrogen and oxygen atoms in total. The summed E-state index contributed by atoms with van der Waals surface area (Å²) in [6.45, 7) is 6.34. The van der Waals surface area contributed by atoms with Crippen molar-refractivity contribution in [3.63, 3.8) is 0 Å². The number of carbonyl (C=O) groups excluding carboxylic acids is 2. The monoisotopic (exact) mass is 366 g/mol. The van der Waals surface area contributed by atoms with E-state index in [0.717, 1.165) is 19.6 Å². The van der Waals surface area contributed by atoms with E-state index >= 15 is 0 Å². The summed E-state index contributed by atoms with van der Waals surface area (Å²) in [5.41, 5.74) is 0.701. The number of nitrogens with one attached hydrogen (secondary N) is 1. The number of aliphatic hydroxyl groups excluding tert-OH is 1. The first-order valence-corrected chi connectivity index (χ1v) is 9.00. The van der Waals surface area contributed by atoms with Gasteiger partial charge in [0.25, 0.3) is 0 Å². The number of likely N-dealkylation sites (tertiary alicyclic amines) is 1. The topological polar surface area (TPSA) is 108 Å². The first kappa shape index (κ1) is 18.8. The third-order valence-corrected chi connectivity index (χ3v) is 4.74. The molecule has 2 saturated heterocycles. The Morgan fingerprint density at radius 1 is 1.38 bits per heavy atom. The number of morpholine rings is 1. The molecule has 9 heteroatoms. The molecule has 0 aromatic carbocycles. The lowest BCUT2D eigenvalue weighted by Gasteiger charge is -2.27. The number of amides is 2. The maximum absolute atomic E-state index is 12.5. The molecular weight excluding hydrogens is 340 g/mol. The van der Waals surface area contributed by atoms with Gasteiger partial charge in [0.2, 0.25) is 11.8 Å². The van der Waals surface area contributed by atoms with Crippen LogP contribution in [-0.2, 0) is 20.7 Å². The van der Waals surface area contributed by atoms with E-state index in [2.05, 4.69) is 15.4 Å². The number of aromatic nitrogens is 1. The van der Waals surface area contributed by atoms with Gasteiger partial charge in [0.1, 0.15) is 11.8 Å². The number of β-amino-alcohol motifs (C(OH)–C–C–N with tert-alkyl or cyclic N) is 1. The highest BCUT2D eigenvalue weighted by molar-refractivity contribution is 5.89. The van der Waals surface area contributed by atoms with Crippen molar-refractivity contribution < 1.29 is 24.0 Å². The summed E-state index contributed by atoms with van der Waals surface area (Å²) in [5, 5.41) is 16.6. The van der Waals surface area contributed by atoms with E-state index in [1.165, 1.54) is 4.90 Å². The molecular formula is C17H26N4O5. The van der Waals surface area contributed by atoms with Crippen LogP contribution in [0, 0.1) is 6.92 Å². The Morgan fingerprint density at radius 2 is 2.15 bits per heavy atom. The number of carbonyl (C=O) groups is 2. The molecule has 0 bridgehead atoms. The molecule has 2 aliphatic heterocycles. The molecule has 0 aliphatic carbocycles. The second-order valence-corrected chi connectivity index (χ2v) is 6.81. The minimum absolute atomic E-state index is 0.0329. The molecule has 144 valence electrons. The summed E-state index contributed by atoms with van der Waals surface area (Å²) in [7, 11) is 0. The molecule has 2 N–H and O–H groups in total. The number of hydrogen-bond acceptors (Lipinski definition) is 7. The first-order chi connectivity index (χ1) is 12.5. The molecule has 3 rings (SSSR count). The fraction of sp³-hybridized carbons (Fsp3) is 0.706. The number of ether oxygens (including phenoxy) is 1. The quantitative estimate of drug-likeness (QED) is 0.660. The Kier molecular flexibility index (Phi) is 6.23. The maximum atomic E-state index is 12.5. The van der Waals surface area contributed by atoms with E-state index < -0.39 is 12.1 Å². The summed E-state index contributed by atoms with van der Waals surface area (Å²) >= 11 is 0. The average molecular weight is 366 g/mol. The lowest BCUT2D eigenvalue weighted by molar-refractivity contribution is -0.138. The van der Waals surface area contributed by atoms with Crippen molar-refractivity contribution in [3.8, 4) is 0 Å². The number of nitrogens with zero attached hydrogens (tertiary/aromatic N) is 3. The van der Waals surface area contributed by atoms with Gasteiger partial charge < -0.3 is 24.6 Å². The van der Waals surface area contributed by atoms with Crippen molar-refractivity contribution >= 4 is 11.8 Å². The van der Waals surface area contributed by atoms with Crippen LogP contribution in [0.25, 0.3) is 0 Å². The van der Waals surface area contributed by atoms with Crippen molar-refractivity contribution in [2.75, 3.05) is 45.9 Å². The third-order valence-electron chi connectivity index (χ3n) is 4.74. The SMILES string of the molecule is Cc1cc(CC(=O)N2C[C@H](O)C[C@H]2C(=O)NCCN2CCOCC2)on1. The van der Waals surface area contributed by atoms with Crippen LogP contribution in [0.1, 0.15) is 17.9 Å². The normalized spacial score (nSPS) is 24.0. The van der Waals surface area contributed by atoms with Gasteiger partial charge in [0.15, 0.2) is 0 Å². The van der Waals surface area contributed by atoms with Crippen LogP contribution in [0.2, 0.25) is 0 Å². The molecule has 0 spiro atoms. The van der Waals surface area contributed by atoms with E-state index in [1.54, 1.807) is 13.0 Å². The van der Waals surface area contributed by atoms with Gasteiger partial charge in [-0.2, -0.15) is 0 Å². The Hall–Kier alpha value is -1.97. The standard InChI is InChI=1S/C17H26N4O5/c1-12-8-14(26-19-12)10-16(23)21-11-13(22)9-15(21)17(24)18-2-3-20-4-6-25-7-5-20/h8,13,15,22H,2-7,9-11H2,1H3,(H,18,24)/t13-,15+/m1/s1. The number of aliphatic hydroxyl groups is 1. The van der Waals surface area contributed by atoms with Crippen LogP contribution in [0.15, 0.2) is 10.6 Å². The van der Waals surface area contributed by atoms with Gasteiger partial charge in [0, 0.05) is 45.2 Å². The molecule has 1 aromatic heterocycles. The Labute approximate surface area is 152 Å². The molecule has 0 unspecified atom stereocenters. The number of hydrogen-bond donors (Lipinski definition) is 2. The fourth-order valence-electron chi connectivity index (χ4n) is 3.37. The highest BCUT2D eigenvalue weighted by Gasteiger charge is 2.38. The van der Waals surface area contributed by atoms with Gasteiger partial charge in [0.05, 0.1) is 31.4 Å². The minimum Gasteiger partial charge on any atom is -0.391 e. The summed E-state index contributed by atoms with van der Waals surface area (Å²) in [6.07, 6.45) is -0.402. The minimum atomic E-state index is -0.689. The van der Waals surface area contributed by atoms with Crippen molar-refractivity contribution in [1.82, 2.24) is 20.3 Å². The van der Waals surface area contributed by atoms with Crippen LogP contribution in [0.5, 0.6) is 0 Å². The van der Waals surface area contributed by atoms with Gasteiger partial charge in [-0.15, -0.1) is 0 Å². The summed E-state index contributed by atoms with van der Waals surface area (Å²) in [5.74, 6) is -0.0108. The predicted octanol–water partition coefficient (Wildman–Crippen LogP) is -1.06. The smallest absolute Gasteiger partial charge is 0.242 e. The molecule has 2 atom stereocenters. The van der Waals surface area contributed by atoms with Crippen molar-refractivity contribution in [3.05, 3.63) is 17.5 Å². The lowest BCUT2D eigenvalue weighted by atomic mass is 10.1. The highest BCUT2D eigenvalue weighted by atomic mass is 16.5. The Morgan fingerprint density at radius 3 is 2.85 bits per heavy atom. The molecule has 1 aromatic rings. The van der Waals surface area contributed by atoms with Crippen LogP contribution in [0.4, 0.5) is 0 Å². The molecule has 0 saturated carbocycles. The first-order valence-electron chi connectivity index (χ1n) is 9.00. The van der Waals surface area contributed by atoms with Crippen LogP contribution in [-0.4, -0.2) is 90.0 Å². The van der Waals surface area contributed by atoms with Gasteiger partial charge in [-0.05, 0) is 6.92 Å². The predicted molar refractivity (Wildman–Crippen MR) is 91.3 cm³/mol. The maximum Gasteiger partial charge on any atom is 0.242 e. The number of aryl methyl sites for hydroxylation is 1. The Bertz CT molecular complexity index is 628.